The summed E-state index contributed by atoms with van der Waals surface area (Å²) in [4.78, 5) is 11.8. The van der Waals surface area contributed by atoms with Crippen LogP contribution in [-0.2, 0) is 27.9 Å². The fourth-order valence-corrected chi connectivity index (χ4v) is 3.20. The number of nitrogens with two attached hydrogens (primary N) is 1. The van der Waals surface area contributed by atoms with Crippen molar-refractivity contribution in [2.75, 3.05) is 6.26 Å². The van der Waals surface area contributed by atoms with Crippen molar-refractivity contribution < 1.29 is 17.9 Å². The molecule has 8 nitrogen and oxygen atoms in total. The molecule has 0 saturated carbocycles. The Kier molecular flexibility index (Phi) is 3.82. The lowest BCUT2D eigenvalue weighted by atomic mass is 10.1. The summed E-state index contributed by atoms with van der Waals surface area (Å²) in [5.74, 6) is -0.216. The van der Waals surface area contributed by atoms with Gasteiger partial charge in [-0.2, -0.15) is 9.40 Å². The number of benzene rings is 1. The first-order valence-electron chi connectivity index (χ1n) is 6.88. The van der Waals surface area contributed by atoms with Gasteiger partial charge in [-0.15, -0.1) is 0 Å². The van der Waals surface area contributed by atoms with Crippen LogP contribution in [0, 0.1) is 0 Å². The molecule has 9 heteroatoms. The summed E-state index contributed by atoms with van der Waals surface area (Å²) in [6.45, 7) is 0.333. The fourth-order valence-electron chi connectivity index (χ4n) is 2.47. The molecular weight excluding hydrogens is 320 g/mol. The third-order valence-electron chi connectivity index (χ3n) is 3.63. The van der Waals surface area contributed by atoms with Gasteiger partial charge in [0.2, 0.25) is 16.1 Å². The zero-order chi connectivity index (χ0) is 16.6. The van der Waals surface area contributed by atoms with E-state index in [0.717, 1.165) is 6.26 Å². The Balaban J connectivity index is 1.91. The van der Waals surface area contributed by atoms with Crippen molar-refractivity contribution in [3.8, 4) is 5.75 Å². The minimum atomic E-state index is -3.33. The number of rotatable bonds is 5. The van der Waals surface area contributed by atoms with E-state index < -0.39 is 22.0 Å². The highest BCUT2D eigenvalue weighted by atomic mass is 32.2. The van der Waals surface area contributed by atoms with E-state index in [1.807, 2.05) is 6.07 Å². The highest BCUT2D eigenvalue weighted by Gasteiger charge is 2.35. The number of carbonyl (C=O) groups is 1. The summed E-state index contributed by atoms with van der Waals surface area (Å²) in [7, 11) is -3.33. The molecule has 1 atom stereocenters. The molecule has 1 aliphatic heterocycles. The van der Waals surface area contributed by atoms with Crippen molar-refractivity contribution in [3.63, 3.8) is 0 Å². The first-order valence-corrected chi connectivity index (χ1v) is 8.73. The van der Waals surface area contributed by atoms with Gasteiger partial charge in [-0.25, -0.2) is 8.42 Å². The number of ether oxygens (including phenoxy) is 1. The summed E-state index contributed by atoms with van der Waals surface area (Å²) >= 11 is 0. The molecule has 0 aliphatic carbocycles. The lowest BCUT2D eigenvalue weighted by Gasteiger charge is -2.16. The third-order valence-corrected chi connectivity index (χ3v) is 4.82. The van der Waals surface area contributed by atoms with E-state index >= 15 is 0 Å². The predicted octanol–water partition coefficient (Wildman–Crippen LogP) is 0.290. The Morgan fingerprint density at radius 3 is 2.65 bits per heavy atom. The predicted molar refractivity (Wildman–Crippen MR) is 81.7 cm³/mol. The molecule has 0 bridgehead atoms. The number of primary amides is 1. The lowest BCUT2D eigenvalue weighted by molar-refractivity contribution is -0.125. The highest BCUT2D eigenvalue weighted by Crippen LogP contribution is 2.31. The van der Waals surface area contributed by atoms with Gasteiger partial charge in [0.15, 0.2) is 0 Å². The van der Waals surface area contributed by atoms with Crippen molar-refractivity contribution in [1.29, 1.82) is 0 Å². The standard InChI is InChI=1S/C14H16N4O4S/c1-23(20,21)18-7-10-11(8-18)16-17-12(10)13(14(15)19)22-9-5-3-2-4-6-9/h2-6,13H,7-8H2,1H3,(H2,15,19)(H,16,17). The van der Waals surface area contributed by atoms with Crippen molar-refractivity contribution in [1.82, 2.24) is 14.5 Å². The average molecular weight is 336 g/mol. The van der Waals surface area contributed by atoms with Crippen LogP contribution in [0.15, 0.2) is 30.3 Å². The van der Waals surface area contributed by atoms with E-state index in [9.17, 15) is 13.2 Å². The van der Waals surface area contributed by atoms with Gasteiger partial charge in [0.25, 0.3) is 5.91 Å². The fraction of sp³-hybridized carbons (Fsp3) is 0.286. The molecule has 0 spiro atoms. The third kappa shape index (κ3) is 3.06. The molecule has 1 aromatic carbocycles. The van der Waals surface area contributed by atoms with Crippen LogP contribution in [0.5, 0.6) is 5.75 Å². The van der Waals surface area contributed by atoms with E-state index in [1.54, 1.807) is 24.3 Å². The van der Waals surface area contributed by atoms with E-state index in [1.165, 1.54) is 4.31 Å². The number of fused-ring (bicyclic) bond motifs is 1. The molecule has 1 amide bonds. The molecule has 2 aromatic rings. The molecule has 1 unspecified atom stereocenters. The second kappa shape index (κ2) is 5.67. The molecule has 0 saturated heterocycles. The van der Waals surface area contributed by atoms with Gasteiger partial charge in [-0.05, 0) is 12.1 Å². The number of nitrogens with one attached hydrogen (secondary N) is 1. The Morgan fingerprint density at radius 1 is 1.35 bits per heavy atom. The van der Waals surface area contributed by atoms with Gasteiger partial charge in [0.05, 0.1) is 18.5 Å². The summed E-state index contributed by atoms with van der Waals surface area (Å²) in [5.41, 5.74) is 7.04. The van der Waals surface area contributed by atoms with Gasteiger partial charge in [0.1, 0.15) is 11.4 Å². The van der Waals surface area contributed by atoms with E-state index in [-0.39, 0.29) is 13.1 Å². The summed E-state index contributed by atoms with van der Waals surface area (Å²) in [6, 6.07) is 8.77. The lowest BCUT2D eigenvalue weighted by Crippen LogP contribution is -2.28. The van der Waals surface area contributed by atoms with Crippen molar-refractivity contribution in [2.24, 2.45) is 5.73 Å². The smallest absolute Gasteiger partial charge is 0.264 e. The zero-order valence-electron chi connectivity index (χ0n) is 12.4. The number of aromatic amines is 1. The number of hydrogen-bond acceptors (Lipinski definition) is 5. The Morgan fingerprint density at radius 2 is 2.04 bits per heavy atom. The van der Waals surface area contributed by atoms with Crippen LogP contribution in [0.4, 0.5) is 0 Å². The van der Waals surface area contributed by atoms with Crippen LogP contribution in [0.3, 0.4) is 0 Å². The maximum Gasteiger partial charge on any atom is 0.264 e. The van der Waals surface area contributed by atoms with Gasteiger partial charge in [0, 0.05) is 12.1 Å². The number of amides is 1. The Bertz CT molecular complexity index is 832. The first kappa shape index (κ1) is 15.5. The SMILES string of the molecule is CS(=O)(=O)N1Cc2[nH]nc(C(Oc3ccccc3)C(N)=O)c2C1. The maximum atomic E-state index is 11.8. The topological polar surface area (TPSA) is 118 Å². The van der Waals surface area contributed by atoms with E-state index in [4.69, 9.17) is 10.5 Å². The highest BCUT2D eigenvalue weighted by molar-refractivity contribution is 7.88. The summed E-state index contributed by atoms with van der Waals surface area (Å²) in [6.07, 6.45) is 0.0507. The molecule has 3 N–H and O–H groups in total. The van der Waals surface area contributed by atoms with Crippen molar-refractivity contribution in [3.05, 3.63) is 47.3 Å². The molecule has 23 heavy (non-hydrogen) atoms. The van der Waals surface area contributed by atoms with E-state index in [2.05, 4.69) is 10.2 Å². The Hall–Kier alpha value is -2.39. The van der Waals surface area contributed by atoms with Crippen LogP contribution in [-0.4, -0.2) is 35.1 Å². The monoisotopic (exact) mass is 336 g/mol. The molecule has 0 fully saturated rings. The zero-order valence-corrected chi connectivity index (χ0v) is 13.2. The molecule has 122 valence electrons. The summed E-state index contributed by atoms with van der Waals surface area (Å²) in [5, 5.41) is 6.87. The molecule has 0 radical (unpaired) electrons. The van der Waals surface area contributed by atoms with Gasteiger partial charge >= 0.3 is 0 Å². The molecule has 1 aromatic heterocycles. The average Bonchev–Trinajstić information content (AvgIpc) is 3.05. The number of aromatic nitrogens is 2. The van der Waals surface area contributed by atoms with Crippen molar-refractivity contribution >= 4 is 15.9 Å². The van der Waals surface area contributed by atoms with Crippen LogP contribution in [0.25, 0.3) is 0 Å². The minimum Gasteiger partial charge on any atom is -0.474 e. The van der Waals surface area contributed by atoms with Gasteiger partial charge < -0.3 is 10.5 Å². The first-order chi connectivity index (χ1) is 10.9. The number of para-hydroxylation sites is 1. The summed E-state index contributed by atoms with van der Waals surface area (Å²) < 4.78 is 30.3. The second-order valence-corrected chi connectivity index (χ2v) is 7.29. The number of H-pyrrole nitrogens is 1. The van der Waals surface area contributed by atoms with Gasteiger partial charge in [-0.3, -0.25) is 9.89 Å². The van der Waals surface area contributed by atoms with Crippen molar-refractivity contribution in [2.45, 2.75) is 19.2 Å². The van der Waals surface area contributed by atoms with Gasteiger partial charge in [-0.1, -0.05) is 18.2 Å². The molecule has 3 rings (SSSR count). The van der Waals surface area contributed by atoms with Crippen LogP contribution < -0.4 is 10.5 Å². The largest absolute Gasteiger partial charge is 0.474 e. The quantitative estimate of drug-likeness (QED) is 0.813. The maximum absolute atomic E-state index is 11.8. The van der Waals surface area contributed by atoms with Crippen LogP contribution in [0.2, 0.25) is 0 Å². The normalized spacial score (nSPS) is 16.0. The van der Waals surface area contributed by atoms with Crippen LogP contribution in [0.1, 0.15) is 23.1 Å². The number of carbonyl (C=O) groups excluding carboxylic acids is 1. The number of sulfonamides is 1. The Labute approximate surface area is 133 Å². The molecule has 1 aliphatic rings. The second-order valence-electron chi connectivity index (χ2n) is 5.31. The molecular formula is C14H16N4O4S. The van der Waals surface area contributed by atoms with E-state index in [0.29, 0.717) is 22.7 Å². The number of nitrogens with zero attached hydrogens (tertiary/aromatic N) is 2. The number of hydrogen-bond donors (Lipinski definition) is 2. The van der Waals surface area contributed by atoms with Crippen LogP contribution >= 0.6 is 0 Å². The minimum absolute atomic E-state index is 0.141. The molecule has 2 heterocycles.